The third-order valence-electron chi connectivity index (χ3n) is 3.19. The number of imide groups is 1. The first-order valence-corrected chi connectivity index (χ1v) is 8.05. The smallest absolute Gasteiger partial charge is 0.308 e. The molecule has 28 heavy (non-hydrogen) atoms. The summed E-state index contributed by atoms with van der Waals surface area (Å²) in [5.41, 5.74) is -1.17. The van der Waals surface area contributed by atoms with Gasteiger partial charge >= 0.3 is 12.2 Å². The Kier molecular flexibility index (Phi) is 6.63. The van der Waals surface area contributed by atoms with Gasteiger partial charge in [-0.15, -0.1) is 0 Å². The minimum Gasteiger partial charge on any atom is -0.308 e. The maximum Gasteiger partial charge on any atom is 0.409 e. The van der Waals surface area contributed by atoms with Crippen molar-refractivity contribution in [3.05, 3.63) is 69.2 Å². The van der Waals surface area contributed by atoms with E-state index in [0.717, 1.165) is 30.3 Å². The first kappa shape index (κ1) is 21.6. The van der Waals surface area contributed by atoms with Crippen LogP contribution in [0.4, 0.5) is 32.4 Å². The molecule has 4 nitrogen and oxygen atoms in total. The second-order valence-electron chi connectivity index (χ2n) is 5.23. The number of benzene rings is 2. The summed E-state index contributed by atoms with van der Waals surface area (Å²) in [6, 6.07) is 3.71. The third kappa shape index (κ3) is 5.67. The lowest BCUT2D eigenvalue weighted by Crippen LogP contribution is -2.35. The van der Waals surface area contributed by atoms with E-state index in [1.807, 2.05) is 0 Å². The molecule has 0 unspecified atom stereocenters. The van der Waals surface area contributed by atoms with Crippen LogP contribution >= 0.6 is 23.2 Å². The van der Waals surface area contributed by atoms with Gasteiger partial charge in [-0.3, -0.25) is 10.1 Å². The summed E-state index contributed by atoms with van der Waals surface area (Å²) >= 11 is 11.7. The molecule has 2 N–H and O–H groups in total. The predicted octanol–water partition coefficient (Wildman–Crippen LogP) is 5.81. The number of urea groups is 1. The van der Waals surface area contributed by atoms with Gasteiger partial charge in [0.1, 0.15) is 17.2 Å². The maximum absolute atomic E-state index is 13.5. The van der Waals surface area contributed by atoms with Crippen molar-refractivity contribution in [3.8, 4) is 0 Å². The van der Waals surface area contributed by atoms with Crippen LogP contribution < -0.4 is 10.6 Å². The minimum absolute atomic E-state index is 0.0679. The van der Waals surface area contributed by atoms with Crippen LogP contribution in [-0.4, -0.2) is 18.1 Å². The quantitative estimate of drug-likeness (QED) is 0.594. The van der Waals surface area contributed by atoms with Gasteiger partial charge in [-0.2, -0.15) is 13.2 Å². The molecule has 0 saturated heterocycles. The number of nitrogens with one attached hydrogen (secondary N) is 2. The van der Waals surface area contributed by atoms with Gasteiger partial charge in [0.15, 0.2) is 0 Å². The Morgan fingerprint density at radius 2 is 1.54 bits per heavy atom. The molecule has 0 bridgehead atoms. The number of amides is 3. The van der Waals surface area contributed by atoms with Gasteiger partial charge in [0.25, 0.3) is 5.91 Å². The van der Waals surface area contributed by atoms with Gasteiger partial charge < -0.3 is 5.32 Å². The summed E-state index contributed by atoms with van der Waals surface area (Å²) in [6.45, 7) is 0. The Morgan fingerprint density at radius 3 is 2.04 bits per heavy atom. The molecule has 0 radical (unpaired) electrons. The lowest BCUT2D eigenvalue weighted by molar-refractivity contribution is -0.0790. The summed E-state index contributed by atoms with van der Waals surface area (Å²) in [5, 5.41) is 3.41. The van der Waals surface area contributed by atoms with Gasteiger partial charge in [0, 0.05) is 17.3 Å². The van der Waals surface area contributed by atoms with E-state index in [1.54, 1.807) is 5.32 Å². The van der Waals surface area contributed by atoms with E-state index in [0.29, 0.717) is 6.08 Å². The molecule has 0 aliphatic heterocycles. The van der Waals surface area contributed by atoms with Crippen LogP contribution in [-0.2, 0) is 0 Å². The predicted molar refractivity (Wildman–Crippen MR) is 94.4 cm³/mol. The highest BCUT2D eigenvalue weighted by Crippen LogP contribution is 2.31. The number of hydrogen-bond donors (Lipinski definition) is 2. The van der Waals surface area contributed by atoms with E-state index in [2.05, 4.69) is 5.32 Å². The molecule has 0 aliphatic rings. The highest BCUT2D eigenvalue weighted by Gasteiger charge is 2.23. The van der Waals surface area contributed by atoms with E-state index < -0.39 is 35.3 Å². The zero-order valence-electron chi connectivity index (χ0n) is 13.5. The Morgan fingerprint density at radius 1 is 1.00 bits per heavy atom. The third-order valence-corrected chi connectivity index (χ3v) is 3.82. The fourth-order valence-corrected chi connectivity index (χ4v) is 2.65. The zero-order valence-corrected chi connectivity index (χ0v) is 15.0. The number of anilines is 1. The number of halogens is 7. The summed E-state index contributed by atoms with van der Waals surface area (Å²) in [7, 11) is 0. The Hall–Kier alpha value is -2.65. The molecular weight excluding hydrogens is 430 g/mol. The van der Waals surface area contributed by atoms with Gasteiger partial charge in [0.05, 0.1) is 10.0 Å². The standard InChI is InChI=1S/C17H9Cl2F5N2O2/c18-10-6-8(7-11(19)9(10)4-5-17(22,23)24)25-16(28)26-15(27)14-12(20)2-1-3-13(14)21/h1-7H,(H2,25,26,27,28)/b5-4+. The second-order valence-corrected chi connectivity index (χ2v) is 6.05. The number of allylic oxidation sites excluding steroid dienone is 1. The Bertz CT molecular complexity index is 918. The summed E-state index contributed by atoms with van der Waals surface area (Å²) in [4.78, 5) is 23.7. The number of alkyl halides is 3. The molecule has 0 aromatic heterocycles. The van der Waals surface area contributed by atoms with Crippen molar-refractivity contribution < 1.29 is 31.5 Å². The fourth-order valence-electron chi connectivity index (χ4n) is 2.04. The molecular formula is C17H9Cl2F5N2O2. The van der Waals surface area contributed by atoms with Crippen molar-refractivity contribution in [3.63, 3.8) is 0 Å². The first-order chi connectivity index (χ1) is 13.0. The number of rotatable bonds is 3. The van der Waals surface area contributed by atoms with Crippen LogP contribution in [0.25, 0.3) is 6.08 Å². The van der Waals surface area contributed by atoms with E-state index in [-0.39, 0.29) is 27.4 Å². The summed E-state index contributed by atoms with van der Waals surface area (Å²) < 4.78 is 63.8. The van der Waals surface area contributed by atoms with Crippen molar-refractivity contribution in [2.45, 2.75) is 6.18 Å². The molecule has 0 saturated carbocycles. The average Bonchev–Trinajstić information content (AvgIpc) is 2.52. The molecule has 2 rings (SSSR count). The summed E-state index contributed by atoms with van der Waals surface area (Å²) in [6.07, 6.45) is -3.99. The molecule has 148 valence electrons. The van der Waals surface area contributed by atoms with E-state index >= 15 is 0 Å². The molecule has 0 spiro atoms. The van der Waals surface area contributed by atoms with Gasteiger partial charge in [-0.1, -0.05) is 29.3 Å². The van der Waals surface area contributed by atoms with Gasteiger partial charge in [-0.05, 0) is 30.3 Å². The van der Waals surface area contributed by atoms with E-state index in [9.17, 15) is 31.5 Å². The number of hydrogen-bond acceptors (Lipinski definition) is 2. The van der Waals surface area contributed by atoms with E-state index in [4.69, 9.17) is 23.2 Å². The molecule has 11 heteroatoms. The van der Waals surface area contributed by atoms with Crippen LogP contribution in [0.15, 0.2) is 36.4 Å². The first-order valence-electron chi connectivity index (χ1n) is 7.29. The minimum atomic E-state index is -4.58. The van der Waals surface area contributed by atoms with Crippen molar-refractivity contribution in [2.24, 2.45) is 0 Å². The normalized spacial score (nSPS) is 11.5. The van der Waals surface area contributed by atoms with Gasteiger partial charge in [0.2, 0.25) is 0 Å². The van der Waals surface area contributed by atoms with Crippen molar-refractivity contribution in [1.82, 2.24) is 5.32 Å². The highest BCUT2D eigenvalue weighted by atomic mass is 35.5. The SMILES string of the molecule is O=C(NC(=O)c1c(F)cccc1F)Nc1cc(Cl)c(/C=C/C(F)(F)F)c(Cl)c1. The highest BCUT2D eigenvalue weighted by molar-refractivity contribution is 6.37. The molecule has 2 aromatic rings. The Balaban J connectivity index is 2.14. The molecule has 0 atom stereocenters. The lowest BCUT2D eigenvalue weighted by atomic mass is 10.2. The second kappa shape index (κ2) is 8.57. The average molecular weight is 439 g/mol. The van der Waals surface area contributed by atoms with Crippen LogP contribution in [0.1, 0.15) is 15.9 Å². The molecule has 3 amide bonds. The van der Waals surface area contributed by atoms with Gasteiger partial charge in [-0.25, -0.2) is 13.6 Å². The van der Waals surface area contributed by atoms with Crippen molar-refractivity contribution >= 4 is 46.9 Å². The van der Waals surface area contributed by atoms with E-state index in [1.165, 1.54) is 0 Å². The Labute approximate surface area is 164 Å². The number of carbonyl (C=O) groups is 2. The largest absolute Gasteiger partial charge is 0.409 e. The maximum atomic E-state index is 13.5. The van der Waals surface area contributed by atoms with Crippen LogP contribution in [0.5, 0.6) is 0 Å². The summed E-state index contributed by atoms with van der Waals surface area (Å²) in [5.74, 6) is -3.68. The molecule has 0 aliphatic carbocycles. The zero-order chi connectivity index (χ0) is 21.1. The molecule has 0 fully saturated rings. The van der Waals surface area contributed by atoms with Crippen LogP contribution in [0.3, 0.4) is 0 Å². The van der Waals surface area contributed by atoms with Crippen molar-refractivity contribution in [2.75, 3.05) is 5.32 Å². The topological polar surface area (TPSA) is 58.2 Å². The van der Waals surface area contributed by atoms with Crippen LogP contribution in [0.2, 0.25) is 10.0 Å². The fraction of sp³-hybridized carbons (Fsp3) is 0.0588. The van der Waals surface area contributed by atoms with Crippen LogP contribution in [0, 0.1) is 11.6 Å². The van der Waals surface area contributed by atoms with Crippen molar-refractivity contribution in [1.29, 1.82) is 0 Å². The molecule has 0 heterocycles. The monoisotopic (exact) mass is 438 g/mol. The molecule has 2 aromatic carbocycles. The lowest BCUT2D eigenvalue weighted by Gasteiger charge is -2.10. The number of carbonyl (C=O) groups excluding carboxylic acids is 2.